The fourth-order valence-electron chi connectivity index (χ4n) is 5.57. The van der Waals surface area contributed by atoms with E-state index in [1.54, 1.807) is 0 Å². The van der Waals surface area contributed by atoms with Crippen molar-refractivity contribution in [2.24, 2.45) is 17.8 Å². The lowest BCUT2D eigenvalue weighted by atomic mass is 9.76. The lowest BCUT2D eigenvalue weighted by molar-refractivity contribution is 0.241. The first-order chi connectivity index (χ1) is 13.8. The molecule has 0 aromatic heterocycles. The van der Waals surface area contributed by atoms with E-state index in [2.05, 4.69) is 50.3 Å². The molecule has 2 unspecified atom stereocenters. The molecule has 0 bridgehead atoms. The normalized spacial score (nSPS) is 27.8. The zero-order chi connectivity index (χ0) is 19.6. The molecule has 1 aromatic rings. The first kappa shape index (κ1) is 21.7. The summed E-state index contributed by atoms with van der Waals surface area (Å²) in [5, 5.41) is 0. The molecule has 0 heteroatoms. The summed E-state index contributed by atoms with van der Waals surface area (Å²) in [5.41, 5.74) is 3.05. The van der Waals surface area contributed by atoms with Gasteiger partial charge < -0.3 is 0 Å². The van der Waals surface area contributed by atoms with Crippen molar-refractivity contribution in [3.63, 3.8) is 0 Å². The molecule has 2 atom stereocenters. The number of hydrogen-bond acceptors (Lipinski definition) is 0. The molecule has 0 nitrogen and oxygen atoms in total. The Morgan fingerprint density at radius 1 is 0.679 bits per heavy atom. The molecular weight excluding hydrogens is 336 g/mol. The molecule has 2 aliphatic rings. The van der Waals surface area contributed by atoms with E-state index in [1.807, 2.05) is 0 Å². The van der Waals surface area contributed by atoms with E-state index < -0.39 is 0 Å². The summed E-state index contributed by atoms with van der Waals surface area (Å²) >= 11 is 0. The third-order valence-electron chi connectivity index (χ3n) is 7.55. The van der Waals surface area contributed by atoms with Gasteiger partial charge in [0.1, 0.15) is 0 Å². The monoisotopic (exact) mass is 380 g/mol. The number of unbranched alkanes of at least 4 members (excludes halogenated alkanes) is 2. The van der Waals surface area contributed by atoms with Crippen LogP contribution in [0.25, 0.3) is 0 Å². The molecule has 2 aliphatic carbocycles. The minimum Gasteiger partial charge on any atom is -0.0848 e. The van der Waals surface area contributed by atoms with Crippen molar-refractivity contribution in [2.75, 3.05) is 0 Å². The van der Waals surface area contributed by atoms with Gasteiger partial charge in [-0.15, -0.1) is 0 Å². The predicted molar refractivity (Wildman–Crippen MR) is 124 cm³/mol. The van der Waals surface area contributed by atoms with Crippen molar-refractivity contribution in [3.8, 4) is 0 Å². The van der Waals surface area contributed by atoms with Gasteiger partial charge in [0.25, 0.3) is 0 Å². The molecule has 0 saturated heterocycles. The molecule has 28 heavy (non-hydrogen) atoms. The second-order valence-corrected chi connectivity index (χ2v) is 9.78. The van der Waals surface area contributed by atoms with Crippen LogP contribution in [-0.2, 0) is 6.42 Å². The molecule has 0 aliphatic heterocycles. The molecule has 1 aromatic carbocycles. The molecule has 0 amide bonds. The third-order valence-corrected chi connectivity index (χ3v) is 7.55. The van der Waals surface area contributed by atoms with E-state index in [-0.39, 0.29) is 0 Å². The standard InChI is InChI=1S/C28H44/c1-3-5-6-8-24-15-19-27(20-16-24)28-21-17-26(18-22-28)14-13-25-11-9-23(7-4-2)10-12-25/h15-17,19-21,23,25-26,28H,3-14,18,22H2,1-2H3. The highest BCUT2D eigenvalue weighted by Gasteiger charge is 2.22. The SMILES string of the molecule is CCCCCc1ccc(C2C=CC(CCC3CCC(CCC)CC3)CC2)cc1. The van der Waals surface area contributed by atoms with Gasteiger partial charge in [0.15, 0.2) is 0 Å². The minimum absolute atomic E-state index is 0.658. The highest BCUT2D eigenvalue weighted by atomic mass is 14.3. The molecule has 156 valence electrons. The summed E-state index contributed by atoms with van der Waals surface area (Å²) < 4.78 is 0. The van der Waals surface area contributed by atoms with Crippen LogP contribution < -0.4 is 0 Å². The Labute approximate surface area is 175 Å². The summed E-state index contributed by atoms with van der Waals surface area (Å²) in [6.45, 7) is 4.63. The van der Waals surface area contributed by atoms with Crippen LogP contribution in [0.2, 0.25) is 0 Å². The highest BCUT2D eigenvalue weighted by molar-refractivity contribution is 5.29. The van der Waals surface area contributed by atoms with Crippen LogP contribution >= 0.6 is 0 Å². The van der Waals surface area contributed by atoms with E-state index in [9.17, 15) is 0 Å². The summed E-state index contributed by atoms with van der Waals surface area (Å²) in [6.07, 6.45) is 24.9. The van der Waals surface area contributed by atoms with E-state index in [0.717, 1.165) is 17.8 Å². The Bertz CT molecular complexity index is 558. The van der Waals surface area contributed by atoms with Gasteiger partial charge >= 0.3 is 0 Å². The van der Waals surface area contributed by atoms with Crippen molar-refractivity contribution in [2.45, 2.75) is 110 Å². The molecule has 1 fully saturated rings. The number of benzene rings is 1. The maximum absolute atomic E-state index is 2.56. The number of rotatable bonds is 10. The topological polar surface area (TPSA) is 0 Å². The number of allylic oxidation sites excluding steroid dienone is 2. The molecule has 0 N–H and O–H groups in total. The minimum atomic E-state index is 0.658. The van der Waals surface area contributed by atoms with Crippen LogP contribution in [0, 0.1) is 17.8 Å². The van der Waals surface area contributed by atoms with Gasteiger partial charge in [-0.1, -0.05) is 102 Å². The van der Waals surface area contributed by atoms with Crippen molar-refractivity contribution in [1.29, 1.82) is 0 Å². The van der Waals surface area contributed by atoms with Crippen molar-refractivity contribution in [1.82, 2.24) is 0 Å². The molecule has 1 saturated carbocycles. The van der Waals surface area contributed by atoms with Crippen molar-refractivity contribution < 1.29 is 0 Å². The van der Waals surface area contributed by atoms with Gasteiger partial charge in [0, 0.05) is 5.92 Å². The Balaban J connectivity index is 1.38. The number of hydrogen-bond donors (Lipinski definition) is 0. The van der Waals surface area contributed by atoms with Gasteiger partial charge in [-0.05, 0) is 67.4 Å². The third kappa shape index (κ3) is 6.78. The zero-order valence-electron chi connectivity index (χ0n) is 18.7. The van der Waals surface area contributed by atoms with E-state index in [4.69, 9.17) is 0 Å². The van der Waals surface area contributed by atoms with Crippen LogP contribution in [0.15, 0.2) is 36.4 Å². The maximum atomic E-state index is 2.56. The van der Waals surface area contributed by atoms with E-state index >= 15 is 0 Å². The average Bonchev–Trinajstić information content (AvgIpc) is 2.75. The smallest absolute Gasteiger partial charge is 0.00182 e. The first-order valence-corrected chi connectivity index (χ1v) is 12.6. The summed E-state index contributed by atoms with van der Waals surface area (Å²) in [5.74, 6) is 3.58. The molecule has 3 rings (SSSR count). The van der Waals surface area contributed by atoms with Gasteiger partial charge in [0.2, 0.25) is 0 Å². The molecular formula is C28H44. The maximum Gasteiger partial charge on any atom is 0.00182 e. The van der Waals surface area contributed by atoms with E-state index in [1.165, 1.54) is 101 Å². The van der Waals surface area contributed by atoms with Crippen LogP contribution in [0.3, 0.4) is 0 Å². The second-order valence-electron chi connectivity index (χ2n) is 9.78. The Morgan fingerprint density at radius 2 is 1.39 bits per heavy atom. The van der Waals surface area contributed by atoms with Gasteiger partial charge in [-0.2, -0.15) is 0 Å². The Hall–Kier alpha value is -1.04. The van der Waals surface area contributed by atoms with E-state index in [0.29, 0.717) is 5.92 Å². The predicted octanol–water partition coefficient (Wildman–Crippen LogP) is 8.86. The van der Waals surface area contributed by atoms with Gasteiger partial charge in [-0.3, -0.25) is 0 Å². The number of aryl methyl sites for hydroxylation is 1. The molecule has 0 radical (unpaired) electrons. The summed E-state index contributed by atoms with van der Waals surface area (Å²) in [7, 11) is 0. The highest BCUT2D eigenvalue weighted by Crippen LogP contribution is 2.37. The second kappa shape index (κ2) is 11.8. The average molecular weight is 381 g/mol. The Morgan fingerprint density at radius 3 is 2.00 bits per heavy atom. The lowest BCUT2D eigenvalue weighted by Gasteiger charge is -2.30. The zero-order valence-corrected chi connectivity index (χ0v) is 18.7. The van der Waals surface area contributed by atoms with Gasteiger partial charge in [0.05, 0.1) is 0 Å². The van der Waals surface area contributed by atoms with Gasteiger partial charge in [-0.25, -0.2) is 0 Å². The fraction of sp³-hybridized carbons (Fsp3) is 0.714. The largest absolute Gasteiger partial charge is 0.0848 e. The molecule has 0 spiro atoms. The summed E-state index contributed by atoms with van der Waals surface area (Å²) in [4.78, 5) is 0. The van der Waals surface area contributed by atoms with Crippen LogP contribution in [0.4, 0.5) is 0 Å². The van der Waals surface area contributed by atoms with Crippen LogP contribution in [0.5, 0.6) is 0 Å². The van der Waals surface area contributed by atoms with Crippen molar-refractivity contribution >= 4 is 0 Å². The Kier molecular flexibility index (Phi) is 9.16. The lowest BCUT2D eigenvalue weighted by Crippen LogP contribution is -2.16. The fourth-order valence-corrected chi connectivity index (χ4v) is 5.57. The summed E-state index contributed by atoms with van der Waals surface area (Å²) in [6, 6.07) is 9.54. The quantitative estimate of drug-likeness (QED) is 0.281. The van der Waals surface area contributed by atoms with Crippen molar-refractivity contribution in [3.05, 3.63) is 47.5 Å². The first-order valence-electron chi connectivity index (χ1n) is 12.6. The van der Waals surface area contributed by atoms with Crippen LogP contribution in [0.1, 0.15) is 114 Å². The van der Waals surface area contributed by atoms with Crippen LogP contribution in [-0.4, -0.2) is 0 Å². The molecule has 0 heterocycles.